The third kappa shape index (κ3) is 5.93. The summed E-state index contributed by atoms with van der Waals surface area (Å²) in [6.45, 7) is 4.56. The minimum Gasteiger partial charge on any atom is -0.342 e. The van der Waals surface area contributed by atoms with Crippen molar-refractivity contribution in [2.75, 3.05) is 11.9 Å². The van der Waals surface area contributed by atoms with Crippen LogP contribution in [0.4, 0.5) is 11.5 Å². The molecule has 0 saturated carbocycles. The summed E-state index contributed by atoms with van der Waals surface area (Å²) in [5.74, 6) is 0.334. The highest BCUT2D eigenvalue weighted by atomic mass is 32.2. The van der Waals surface area contributed by atoms with Gasteiger partial charge in [0.1, 0.15) is 10.0 Å². The van der Waals surface area contributed by atoms with Crippen molar-refractivity contribution >= 4 is 32.9 Å². The Morgan fingerprint density at radius 3 is 2.61 bits per heavy atom. The van der Waals surface area contributed by atoms with Gasteiger partial charge in [-0.25, -0.2) is 17.9 Å². The summed E-state index contributed by atoms with van der Waals surface area (Å²) in [7, 11) is -3.50. The molecule has 2 heterocycles. The SMILES string of the molecule is CCc1cc(Nc2cc(=O)n(CCCCNS(=O)(=O)c3cccs3)c(=O)[nH]2)ccc1C. The van der Waals surface area contributed by atoms with E-state index in [1.165, 1.54) is 17.2 Å². The normalized spacial score (nSPS) is 11.5. The van der Waals surface area contributed by atoms with E-state index >= 15 is 0 Å². The fraction of sp³-hybridized carbons (Fsp3) is 0.333. The Labute approximate surface area is 185 Å². The van der Waals surface area contributed by atoms with E-state index in [1.807, 2.05) is 25.1 Å². The first-order chi connectivity index (χ1) is 14.8. The lowest BCUT2D eigenvalue weighted by atomic mass is 10.1. The van der Waals surface area contributed by atoms with Crippen LogP contribution in [-0.2, 0) is 23.0 Å². The summed E-state index contributed by atoms with van der Waals surface area (Å²) in [4.78, 5) is 27.5. The molecule has 0 atom stereocenters. The first kappa shape index (κ1) is 23.0. The Balaban J connectivity index is 1.57. The van der Waals surface area contributed by atoms with Gasteiger partial charge < -0.3 is 5.32 Å². The lowest BCUT2D eigenvalue weighted by Gasteiger charge is -2.11. The highest BCUT2D eigenvalue weighted by Gasteiger charge is 2.14. The summed E-state index contributed by atoms with van der Waals surface area (Å²) in [6, 6.07) is 10.5. The number of sulfonamides is 1. The van der Waals surface area contributed by atoms with Crippen molar-refractivity contribution in [3.8, 4) is 0 Å². The molecule has 0 spiro atoms. The Bertz CT molecular complexity index is 1210. The molecule has 0 aliphatic carbocycles. The first-order valence-electron chi connectivity index (χ1n) is 10.0. The molecule has 0 bridgehead atoms. The van der Waals surface area contributed by atoms with Gasteiger partial charge >= 0.3 is 5.69 Å². The molecule has 0 saturated heterocycles. The molecule has 8 nitrogen and oxygen atoms in total. The van der Waals surface area contributed by atoms with Gasteiger partial charge in [-0.3, -0.25) is 14.3 Å². The predicted octanol–water partition coefficient (Wildman–Crippen LogP) is 2.97. The van der Waals surface area contributed by atoms with Crippen molar-refractivity contribution in [1.29, 1.82) is 0 Å². The van der Waals surface area contributed by atoms with Crippen LogP contribution < -0.4 is 21.3 Å². The first-order valence-corrected chi connectivity index (χ1v) is 12.4. The fourth-order valence-electron chi connectivity index (χ4n) is 3.17. The number of nitrogens with one attached hydrogen (secondary N) is 3. The van der Waals surface area contributed by atoms with E-state index in [0.29, 0.717) is 18.7 Å². The Hall–Kier alpha value is -2.69. The van der Waals surface area contributed by atoms with Gasteiger partial charge in [0.25, 0.3) is 5.56 Å². The lowest BCUT2D eigenvalue weighted by molar-refractivity contribution is 0.552. The number of nitrogens with zero attached hydrogens (tertiary/aromatic N) is 1. The smallest absolute Gasteiger partial charge is 0.329 e. The maximum absolute atomic E-state index is 12.4. The molecular formula is C21H26N4O4S2. The molecule has 3 rings (SSSR count). The van der Waals surface area contributed by atoms with Crippen LogP contribution in [0.5, 0.6) is 0 Å². The predicted molar refractivity (Wildman–Crippen MR) is 124 cm³/mol. The van der Waals surface area contributed by atoms with Crippen molar-refractivity contribution < 1.29 is 8.42 Å². The molecule has 0 amide bonds. The van der Waals surface area contributed by atoms with Gasteiger partial charge in [0, 0.05) is 24.8 Å². The summed E-state index contributed by atoms with van der Waals surface area (Å²) in [6.07, 6.45) is 1.88. The van der Waals surface area contributed by atoms with Gasteiger partial charge in [-0.15, -0.1) is 11.3 Å². The van der Waals surface area contributed by atoms with Crippen molar-refractivity contribution in [2.45, 2.75) is 43.9 Å². The van der Waals surface area contributed by atoms with Crippen LogP contribution in [0.3, 0.4) is 0 Å². The number of unbranched alkanes of at least 4 members (excludes halogenated alkanes) is 1. The van der Waals surface area contributed by atoms with E-state index in [9.17, 15) is 18.0 Å². The van der Waals surface area contributed by atoms with Crippen LogP contribution in [0.25, 0.3) is 0 Å². The zero-order valence-corrected chi connectivity index (χ0v) is 19.1. The molecule has 31 heavy (non-hydrogen) atoms. The van der Waals surface area contributed by atoms with Gasteiger partial charge in [0.15, 0.2) is 0 Å². The summed E-state index contributed by atoms with van der Waals surface area (Å²) in [5, 5.41) is 4.78. The number of thiophene rings is 1. The molecule has 0 aliphatic rings. The molecule has 1 aromatic carbocycles. The van der Waals surface area contributed by atoms with Crippen molar-refractivity contribution in [3.05, 3.63) is 73.7 Å². The van der Waals surface area contributed by atoms with E-state index in [0.717, 1.165) is 28.0 Å². The van der Waals surface area contributed by atoms with Gasteiger partial charge in [-0.1, -0.05) is 19.1 Å². The maximum Gasteiger partial charge on any atom is 0.329 e. The second-order valence-electron chi connectivity index (χ2n) is 7.13. The van der Waals surface area contributed by atoms with Gasteiger partial charge in [-0.2, -0.15) is 0 Å². The number of anilines is 2. The second-order valence-corrected chi connectivity index (χ2v) is 10.1. The Morgan fingerprint density at radius 2 is 1.94 bits per heavy atom. The number of rotatable bonds is 10. The lowest BCUT2D eigenvalue weighted by Crippen LogP contribution is -2.35. The average Bonchev–Trinajstić information content (AvgIpc) is 3.27. The highest BCUT2D eigenvalue weighted by molar-refractivity contribution is 7.91. The third-order valence-electron chi connectivity index (χ3n) is 4.89. The van der Waals surface area contributed by atoms with Crippen LogP contribution in [0, 0.1) is 6.92 Å². The largest absolute Gasteiger partial charge is 0.342 e. The van der Waals surface area contributed by atoms with Crippen LogP contribution in [0.2, 0.25) is 0 Å². The van der Waals surface area contributed by atoms with Crippen molar-refractivity contribution in [1.82, 2.24) is 14.3 Å². The van der Waals surface area contributed by atoms with Crippen LogP contribution >= 0.6 is 11.3 Å². The average molecular weight is 463 g/mol. The molecule has 0 aliphatic heterocycles. The number of aromatic amines is 1. The molecule has 3 aromatic rings. The van der Waals surface area contributed by atoms with Gasteiger partial charge in [0.05, 0.1) is 0 Å². The van der Waals surface area contributed by atoms with Crippen molar-refractivity contribution in [2.24, 2.45) is 0 Å². The van der Waals surface area contributed by atoms with Crippen LogP contribution in [-0.4, -0.2) is 24.5 Å². The van der Waals surface area contributed by atoms with Crippen LogP contribution in [0.1, 0.15) is 30.9 Å². The van der Waals surface area contributed by atoms with Crippen molar-refractivity contribution in [3.63, 3.8) is 0 Å². The zero-order chi connectivity index (χ0) is 22.4. The molecular weight excluding hydrogens is 436 g/mol. The summed E-state index contributed by atoms with van der Waals surface area (Å²) in [5.41, 5.74) is 2.27. The van der Waals surface area contributed by atoms with E-state index in [1.54, 1.807) is 17.5 Å². The van der Waals surface area contributed by atoms with Gasteiger partial charge in [-0.05, 0) is 60.9 Å². The molecule has 0 unspecified atom stereocenters. The molecule has 3 N–H and O–H groups in total. The topological polar surface area (TPSA) is 113 Å². The highest BCUT2D eigenvalue weighted by Crippen LogP contribution is 2.18. The third-order valence-corrected chi connectivity index (χ3v) is 7.75. The monoisotopic (exact) mass is 462 g/mol. The van der Waals surface area contributed by atoms with E-state index in [2.05, 4.69) is 21.9 Å². The standard InChI is InChI=1S/C21H26N4O4S2/c1-3-16-13-17(9-8-15(16)2)23-18-14-19(26)25(21(27)24-18)11-5-4-10-22-31(28,29)20-7-6-12-30-20/h6-9,12-14,22-23H,3-5,10-11H2,1-2H3,(H,24,27). The number of hydrogen-bond donors (Lipinski definition) is 3. The molecule has 2 aromatic heterocycles. The fourth-order valence-corrected chi connectivity index (χ4v) is 5.29. The zero-order valence-electron chi connectivity index (χ0n) is 17.5. The molecule has 166 valence electrons. The number of aromatic nitrogens is 2. The number of hydrogen-bond acceptors (Lipinski definition) is 6. The number of aryl methyl sites for hydroxylation is 2. The van der Waals surface area contributed by atoms with Gasteiger partial charge in [0.2, 0.25) is 10.0 Å². The van der Waals surface area contributed by atoms with Crippen LogP contribution in [0.15, 0.2) is 55.6 Å². The molecule has 0 radical (unpaired) electrons. The minimum atomic E-state index is -3.50. The number of benzene rings is 1. The second kappa shape index (κ2) is 10.1. The number of H-pyrrole nitrogens is 1. The maximum atomic E-state index is 12.4. The molecule has 10 heteroatoms. The molecule has 0 fully saturated rings. The van der Waals surface area contributed by atoms with E-state index in [4.69, 9.17) is 0 Å². The minimum absolute atomic E-state index is 0.208. The van der Waals surface area contributed by atoms with E-state index in [-0.39, 0.29) is 17.3 Å². The van der Waals surface area contributed by atoms with E-state index < -0.39 is 21.3 Å². The quantitative estimate of drug-likeness (QED) is 0.401. The summed E-state index contributed by atoms with van der Waals surface area (Å²) < 4.78 is 28.0. The Morgan fingerprint density at radius 1 is 1.13 bits per heavy atom. The summed E-state index contributed by atoms with van der Waals surface area (Å²) >= 11 is 1.15. The Kier molecular flexibility index (Phi) is 7.47.